The molecule has 0 fully saturated rings. The van der Waals surface area contributed by atoms with Crippen LogP contribution in [-0.4, -0.2) is 155 Å². The third-order valence-electron chi connectivity index (χ3n) is 11.9. The van der Waals surface area contributed by atoms with Crippen molar-refractivity contribution in [2.75, 3.05) is 93.6 Å². The van der Waals surface area contributed by atoms with Crippen LogP contribution < -0.4 is 34.9 Å². The molecule has 0 saturated heterocycles. The third-order valence-corrected chi connectivity index (χ3v) is 21.5. The molecule has 0 saturated carbocycles. The molecule has 3 radical (unpaired) electrons. The van der Waals surface area contributed by atoms with Gasteiger partial charge in [0.1, 0.15) is 18.1 Å². The number of aromatic nitrogens is 4. The number of benzene rings is 2. The molecule has 471 valence electrons. The van der Waals surface area contributed by atoms with Gasteiger partial charge >= 0.3 is 29.6 Å². The van der Waals surface area contributed by atoms with E-state index in [4.69, 9.17) is 54.6 Å². The Morgan fingerprint density at radius 1 is 0.624 bits per heavy atom. The Hall–Kier alpha value is -3.56. The van der Waals surface area contributed by atoms with E-state index in [0.29, 0.717) is 35.8 Å². The van der Waals surface area contributed by atoms with Gasteiger partial charge in [0.2, 0.25) is 49.7 Å². The van der Waals surface area contributed by atoms with Crippen LogP contribution in [0.4, 0.5) is 44.2 Å². The van der Waals surface area contributed by atoms with E-state index in [9.17, 15) is 38.2 Å². The van der Waals surface area contributed by atoms with E-state index in [1.165, 1.54) is 0 Å². The number of ether oxygens (including phenoxy) is 5. The van der Waals surface area contributed by atoms with Crippen LogP contribution in [0.1, 0.15) is 81.4 Å². The van der Waals surface area contributed by atoms with Crippen molar-refractivity contribution in [1.82, 2.24) is 19.9 Å². The molecule has 0 bridgehead atoms. The Kier molecular flexibility index (Phi) is 42.3. The second-order valence-corrected chi connectivity index (χ2v) is 31.6. The van der Waals surface area contributed by atoms with Gasteiger partial charge in [-0.2, -0.15) is 19.9 Å². The van der Waals surface area contributed by atoms with Crippen molar-refractivity contribution in [3.05, 3.63) is 79.9 Å². The predicted octanol–water partition coefficient (Wildman–Crippen LogP) is 8.07. The maximum Gasteiger partial charge on any atom is 0.415 e. The molecular weight excluding hydrogens is 1400 g/mol. The van der Waals surface area contributed by atoms with Crippen molar-refractivity contribution in [1.29, 1.82) is 0 Å². The van der Waals surface area contributed by atoms with Crippen LogP contribution in [0.5, 0.6) is 17.5 Å². The van der Waals surface area contributed by atoms with Gasteiger partial charge in [-0.15, -0.1) is 0 Å². The van der Waals surface area contributed by atoms with Crippen molar-refractivity contribution < 1.29 is 174 Å². The van der Waals surface area contributed by atoms with Crippen LogP contribution >= 0.6 is 0 Å². The van der Waals surface area contributed by atoms with E-state index in [1.807, 2.05) is 6.07 Å². The number of nitrogens with zero attached hydrogens (tertiary/aromatic N) is 8. The van der Waals surface area contributed by atoms with Crippen LogP contribution in [0.25, 0.3) is 0 Å². The second kappa shape index (κ2) is 40.9. The summed E-state index contributed by atoms with van der Waals surface area (Å²) in [5.41, 5.74) is 11.3. The topological polar surface area (TPSA) is 390 Å². The zero-order valence-electron chi connectivity index (χ0n) is 49.4. The van der Waals surface area contributed by atoms with E-state index < -0.39 is 82.5 Å². The van der Waals surface area contributed by atoms with Crippen molar-refractivity contribution in [2.24, 2.45) is 0 Å². The number of nitrogen functional groups attached to an aromatic ring is 2. The summed E-state index contributed by atoms with van der Waals surface area (Å²) in [4.78, 5) is 65.1. The monoisotopic (exact) mass is 1480 g/mol. The molecule has 28 nitrogen and oxygen atoms in total. The van der Waals surface area contributed by atoms with E-state index in [-0.39, 0.29) is 201 Å². The van der Waals surface area contributed by atoms with E-state index in [1.54, 1.807) is 56.3 Å². The second-order valence-electron chi connectivity index (χ2n) is 20.2. The first-order valence-corrected chi connectivity index (χ1v) is 32.8. The third kappa shape index (κ3) is 28.6. The van der Waals surface area contributed by atoms with Crippen molar-refractivity contribution >= 4 is 73.3 Å². The Balaban J connectivity index is -0.000000659. The van der Waals surface area contributed by atoms with Crippen LogP contribution in [0.2, 0.25) is 36.3 Å². The number of amides is 2. The molecule has 0 atom stereocenters. The molecule has 0 unspecified atom stereocenters. The maximum atomic E-state index is 13.0. The number of anilines is 4. The van der Waals surface area contributed by atoms with Crippen molar-refractivity contribution in [3.8, 4) is 17.5 Å². The predicted molar refractivity (Wildman–Crippen MR) is 316 cm³/mol. The Labute approximate surface area is 577 Å². The van der Waals surface area contributed by atoms with Crippen molar-refractivity contribution in [3.63, 3.8) is 0 Å². The van der Waals surface area contributed by atoms with Crippen LogP contribution in [0.3, 0.4) is 0 Å². The standard InChI is InChI=1S/C24H37N5O8Si.C21H31N5O7SSi.C4H10O3.2CH4.3Y/c1-7-35-23(31)28(16-17-9-8-10-18(15-17)37-38(5,6)24(2,3)4)21-19(29(32)33)20(25)26-22(27-21)36-14-13-34-12-11-30;1-8-32-20(27)25(18-16(26(28)29)17(22)23-19(24-18)34(5,30)31)13-14-10-9-11-15(12-14)33-35(6,7)21(2,3)4;5-1-3-7-4-2-6;;;;;/h8-10,15,30H,7,11-14,16H2,1-6H3,(H2,25,26,27);9-12H,8,13H2,1-7H3,(H2,22,23,24);5-6H,1-4H2;2*1H4;;;. The largest absolute Gasteiger partial charge is 0.543 e. The first kappa shape index (κ1) is 87.9. The molecule has 0 spiro atoms. The van der Waals surface area contributed by atoms with Gasteiger partial charge in [0, 0.05) is 104 Å². The summed E-state index contributed by atoms with van der Waals surface area (Å²) < 4.78 is 62.3. The van der Waals surface area contributed by atoms with Gasteiger partial charge in [-0.1, -0.05) is 80.7 Å². The molecule has 4 aromatic rings. The normalized spacial score (nSPS) is 11.0. The summed E-state index contributed by atoms with van der Waals surface area (Å²) in [6, 6.07) is 13.8. The van der Waals surface area contributed by atoms with Gasteiger partial charge in [0.05, 0.1) is 82.4 Å². The minimum absolute atomic E-state index is 0. The molecule has 4 rings (SSSR count). The Morgan fingerprint density at radius 3 is 1.33 bits per heavy atom. The SMILES string of the molecule is C.C.CCOC(=O)N(Cc1cccc(O[Si](C)(C)C(C)(C)C)c1)c1nc(OCCOCCO)nc(N)c1[N+](=O)[O-].CCOC(=O)N(Cc1cccc(O[Si](C)(C)C(C)(C)C)c1)c1nc(S(C)(=O)=O)nc(N)c1[N+](=O)[O-].OCCOCCO.[Y].[Y].[Y]. The Bertz CT molecular complexity index is 2820. The van der Waals surface area contributed by atoms with Crippen molar-refractivity contribution in [2.45, 2.75) is 125 Å². The van der Waals surface area contributed by atoms with E-state index in [2.05, 4.69) is 92.4 Å². The summed E-state index contributed by atoms with van der Waals surface area (Å²) in [6.45, 7) is 24.7. The van der Waals surface area contributed by atoms with Crippen LogP contribution in [-0.2, 0) is 140 Å². The number of hydrogen-bond donors (Lipinski definition) is 5. The van der Waals surface area contributed by atoms with Gasteiger partial charge in [-0.3, -0.25) is 30.0 Å². The zero-order chi connectivity index (χ0) is 60.8. The fourth-order valence-electron chi connectivity index (χ4n) is 5.95. The Morgan fingerprint density at radius 2 is 0.988 bits per heavy atom. The summed E-state index contributed by atoms with van der Waals surface area (Å²) in [7, 11) is -8.30. The first-order chi connectivity index (χ1) is 37.2. The number of hydrogen-bond acceptors (Lipinski definition) is 24. The zero-order valence-corrected chi connectivity index (χ0v) is 60.8. The average molecular weight is 1480 g/mol. The number of nitrogens with two attached hydrogens (primary N) is 2. The quantitative estimate of drug-likeness (QED) is 0.0138. The smallest absolute Gasteiger partial charge is 0.415 e. The number of aliphatic hydroxyl groups excluding tert-OH is 3. The molecule has 0 aliphatic carbocycles. The molecule has 2 aromatic heterocycles. The number of nitro groups is 2. The minimum atomic E-state index is -3.99. The summed E-state index contributed by atoms with van der Waals surface area (Å²) in [6.07, 6.45) is -1.00. The van der Waals surface area contributed by atoms with Gasteiger partial charge in [0.25, 0.3) is 5.16 Å². The average Bonchev–Trinajstić information content (AvgIpc) is 3.36. The molecule has 2 aromatic carbocycles. The van der Waals surface area contributed by atoms with Crippen LogP contribution in [0, 0.1) is 20.2 Å². The molecule has 2 amide bonds. The molecular formula is C51H86N10O18SSi2Y3. The summed E-state index contributed by atoms with van der Waals surface area (Å²) in [5, 5.41) is 47.8. The van der Waals surface area contributed by atoms with Gasteiger partial charge in [-0.25, -0.2) is 18.0 Å². The van der Waals surface area contributed by atoms with Crippen LogP contribution in [0.15, 0.2) is 53.7 Å². The number of carbonyl (C=O) groups is 2. The van der Waals surface area contributed by atoms with Gasteiger partial charge in [-0.05, 0) is 85.5 Å². The molecule has 0 aliphatic rings. The molecule has 2 heterocycles. The molecule has 85 heavy (non-hydrogen) atoms. The summed E-state index contributed by atoms with van der Waals surface area (Å²) >= 11 is 0. The van der Waals surface area contributed by atoms with Gasteiger partial charge < -0.3 is 59.3 Å². The molecule has 7 N–H and O–H groups in total. The number of rotatable bonds is 25. The molecule has 34 heteroatoms. The van der Waals surface area contributed by atoms with Gasteiger partial charge in [0.15, 0.2) is 0 Å². The summed E-state index contributed by atoms with van der Waals surface area (Å²) in [5.74, 6) is -0.923. The molecule has 0 aliphatic heterocycles. The number of aliphatic hydroxyl groups is 3. The maximum absolute atomic E-state index is 13.0. The van der Waals surface area contributed by atoms with E-state index in [0.717, 1.165) is 16.1 Å². The fraction of sp³-hybridized carbons (Fsp3) is 0.569. The number of sulfone groups is 1. The first-order valence-electron chi connectivity index (χ1n) is 25.1. The van der Waals surface area contributed by atoms with E-state index >= 15 is 0 Å². The minimum Gasteiger partial charge on any atom is -0.543 e. The number of carbonyl (C=O) groups excluding carboxylic acids is 2. The fourth-order valence-corrected chi connectivity index (χ4v) is 8.52.